The lowest BCUT2D eigenvalue weighted by Gasteiger charge is -2.17. The number of hydrogen-bond donors (Lipinski definition) is 4. The Kier molecular flexibility index (Phi) is 6.71. The highest BCUT2D eigenvalue weighted by Crippen LogP contribution is 2.08. The highest BCUT2D eigenvalue weighted by molar-refractivity contribution is 7.87. The molecule has 1 heterocycles. The summed E-state index contributed by atoms with van der Waals surface area (Å²) in [5, 5.41) is 14.9. The van der Waals surface area contributed by atoms with Gasteiger partial charge in [0, 0.05) is 25.2 Å². The van der Waals surface area contributed by atoms with Crippen molar-refractivity contribution in [3.63, 3.8) is 0 Å². The standard InChI is InChI=1S/C11H20N4O6S/c1-7(2)14-22(19,20)15-9(11(17)18)6-12-10(16)5-8-3-4-13-21-8/h4,7-9,14-15H,3,5-6H2,1-2H3,(H,12,16)(H,17,18)/t8-,9-/m0/s1. The normalized spacial score (nSPS) is 19.0. The number of carboxylic acid groups (broad SMARTS) is 1. The summed E-state index contributed by atoms with van der Waals surface area (Å²) in [4.78, 5) is 27.6. The molecule has 4 N–H and O–H groups in total. The van der Waals surface area contributed by atoms with Crippen LogP contribution in [0, 0.1) is 0 Å². The molecule has 0 bridgehead atoms. The smallest absolute Gasteiger partial charge is 0.323 e. The van der Waals surface area contributed by atoms with Crippen LogP contribution in [0.4, 0.5) is 0 Å². The second-order valence-electron chi connectivity index (χ2n) is 5.04. The van der Waals surface area contributed by atoms with Crippen molar-refractivity contribution in [2.24, 2.45) is 5.16 Å². The Labute approximate surface area is 128 Å². The van der Waals surface area contributed by atoms with Gasteiger partial charge in [0.25, 0.3) is 10.2 Å². The molecule has 11 heteroatoms. The van der Waals surface area contributed by atoms with Gasteiger partial charge in [0.05, 0.1) is 6.42 Å². The predicted molar refractivity (Wildman–Crippen MR) is 77.4 cm³/mol. The van der Waals surface area contributed by atoms with Gasteiger partial charge >= 0.3 is 5.97 Å². The monoisotopic (exact) mass is 336 g/mol. The molecule has 0 spiro atoms. The highest BCUT2D eigenvalue weighted by Gasteiger charge is 2.25. The van der Waals surface area contributed by atoms with Crippen LogP contribution in [0.25, 0.3) is 0 Å². The number of carbonyl (C=O) groups excluding carboxylic acids is 1. The lowest BCUT2D eigenvalue weighted by molar-refractivity contribution is -0.139. The van der Waals surface area contributed by atoms with Crippen molar-refractivity contribution < 1.29 is 28.0 Å². The molecule has 22 heavy (non-hydrogen) atoms. The molecule has 0 radical (unpaired) electrons. The Bertz CT molecular complexity index is 525. The van der Waals surface area contributed by atoms with Crippen molar-refractivity contribution >= 4 is 28.3 Å². The molecule has 0 saturated carbocycles. The van der Waals surface area contributed by atoms with E-state index in [0.717, 1.165) is 0 Å². The maximum atomic E-state index is 11.6. The minimum Gasteiger partial charge on any atom is -0.480 e. The van der Waals surface area contributed by atoms with Gasteiger partial charge in [-0.15, -0.1) is 0 Å². The first-order valence-corrected chi connectivity index (χ1v) is 8.14. The average Bonchev–Trinajstić information content (AvgIpc) is 2.85. The van der Waals surface area contributed by atoms with E-state index >= 15 is 0 Å². The number of carboxylic acids is 1. The van der Waals surface area contributed by atoms with Crippen LogP contribution < -0.4 is 14.8 Å². The van der Waals surface area contributed by atoms with Crippen molar-refractivity contribution in [2.75, 3.05) is 6.54 Å². The summed E-state index contributed by atoms with van der Waals surface area (Å²) in [6.07, 6.45) is 1.68. The van der Waals surface area contributed by atoms with Gasteiger partial charge in [0.1, 0.15) is 12.1 Å². The molecule has 1 rings (SSSR count). The van der Waals surface area contributed by atoms with Gasteiger partial charge in [-0.1, -0.05) is 5.16 Å². The number of rotatable bonds is 9. The molecule has 0 fully saturated rings. The fourth-order valence-electron chi connectivity index (χ4n) is 1.66. The average molecular weight is 336 g/mol. The van der Waals surface area contributed by atoms with E-state index in [1.165, 1.54) is 6.21 Å². The van der Waals surface area contributed by atoms with E-state index < -0.39 is 28.1 Å². The van der Waals surface area contributed by atoms with Crippen LogP contribution in [-0.4, -0.2) is 56.3 Å². The van der Waals surface area contributed by atoms with E-state index in [-0.39, 0.29) is 25.1 Å². The Morgan fingerprint density at radius 2 is 2.09 bits per heavy atom. The maximum Gasteiger partial charge on any atom is 0.323 e. The van der Waals surface area contributed by atoms with Crippen LogP contribution in [0.1, 0.15) is 26.7 Å². The zero-order valence-electron chi connectivity index (χ0n) is 12.3. The number of hydrogen-bond acceptors (Lipinski definition) is 6. The Morgan fingerprint density at radius 1 is 1.41 bits per heavy atom. The highest BCUT2D eigenvalue weighted by atomic mass is 32.2. The van der Waals surface area contributed by atoms with Crippen LogP contribution in [0.15, 0.2) is 5.16 Å². The van der Waals surface area contributed by atoms with E-state index in [4.69, 9.17) is 9.94 Å². The van der Waals surface area contributed by atoms with Crippen LogP contribution in [0.5, 0.6) is 0 Å². The Hall–Kier alpha value is -1.72. The fraction of sp³-hybridized carbons (Fsp3) is 0.727. The summed E-state index contributed by atoms with van der Waals surface area (Å²) in [5.41, 5.74) is 0. The minimum absolute atomic E-state index is 0.0172. The van der Waals surface area contributed by atoms with Gasteiger partial charge in [-0.2, -0.15) is 17.9 Å². The van der Waals surface area contributed by atoms with Crippen molar-refractivity contribution in [1.29, 1.82) is 0 Å². The molecule has 0 aromatic rings. The van der Waals surface area contributed by atoms with E-state index in [9.17, 15) is 18.0 Å². The zero-order chi connectivity index (χ0) is 16.8. The molecule has 1 amide bonds. The van der Waals surface area contributed by atoms with E-state index in [2.05, 4.69) is 15.2 Å². The summed E-state index contributed by atoms with van der Waals surface area (Å²) >= 11 is 0. The quantitative estimate of drug-likeness (QED) is 0.405. The number of nitrogens with zero attached hydrogens (tertiary/aromatic N) is 1. The molecule has 10 nitrogen and oxygen atoms in total. The van der Waals surface area contributed by atoms with Gasteiger partial charge in [-0.25, -0.2) is 0 Å². The van der Waals surface area contributed by atoms with Crippen LogP contribution in [0.2, 0.25) is 0 Å². The molecule has 0 saturated heterocycles. The molecule has 126 valence electrons. The number of aliphatic carboxylic acids is 1. The Morgan fingerprint density at radius 3 is 2.59 bits per heavy atom. The molecule has 1 aliphatic rings. The SMILES string of the molecule is CC(C)NS(=O)(=O)N[C@@H](CNC(=O)C[C@@H]1CC=NO1)C(=O)O. The molecule has 2 atom stereocenters. The van der Waals surface area contributed by atoms with Gasteiger partial charge in [-0.05, 0) is 13.8 Å². The zero-order valence-corrected chi connectivity index (χ0v) is 13.1. The largest absolute Gasteiger partial charge is 0.480 e. The third-order valence-corrected chi connectivity index (χ3v) is 3.93. The summed E-state index contributed by atoms with van der Waals surface area (Å²) in [7, 11) is -3.97. The molecule has 0 aromatic carbocycles. The van der Waals surface area contributed by atoms with Crippen molar-refractivity contribution in [2.45, 2.75) is 44.9 Å². The number of amides is 1. The van der Waals surface area contributed by atoms with Gasteiger partial charge < -0.3 is 15.3 Å². The van der Waals surface area contributed by atoms with Gasteiger partial charge in [0.2, 0.25) is 5.91 Å². The predicted octanol–water partition coefficient (Wildman–Crippen LogP) is -1.45. The van der Waals surface area contributed by atoms with Gasteiger partial charge in [-0.3, -0.25) is 9.59 Å². The summed E-state index contributed by atoms with van der Waals surface area (Å²) < 4.78 is 27.5. The molecule has 1 aliphatic heterocycles. The third-order valence-electron chi connectivity index (χ3n) is 2.56. The van der Waals surface area contributed by atoms with E-state index in [0.29, 0.717) is 6.42 Å². The second kappa shape index (κ2) is 8.06. The lowest BCUT2D eigenvalue weighted by Crippen LogP contribution is -2.52. The molecule has 0 aliphatic carbocycles. The molecule has 0 aromatic heterocycles. The lowest BCUT2D eigenvalue weighted by atomic mass is 10.2. The summed E-state index contributed by atoms with van der Waals surface area (Å²) in [6.45, 7) is 2.82. The second-order valence-corrected chi connectivity index (χ2v) is 6.52. The molecular weight excluding hydrogens is 316 g/mol. The van der Waals surface area contributed by atoms with Crippen molar-refractivity contribution in [3.05, 3.63) is 0 Å². The third kappa shape index (κ3) is 6.83. The van der Waals surface area contributed by atoms with E-state index in [1.54, 1.807) is 13.8 Å². The van der Waals surface area contributed by atoms with E-state index in [1.807, 2.05) is 4.72 Å². The van der Waals surface area contributed by atoms with Crippen molar-refractivity contribution in [3.8, 4) is 0 Å². The maximum absolute atomic E-state index is 11.6. The summed E-state index contributed by atoms with van der Waals surface area (Å²) in [5.74, 6) is -1.84. The van der Waals surface area contributed by atoms with Gasteiger partial charge in [0.15, 0.2) is 0 Å². The van der Waals surface area contributed by atoms with Crippen LogP contribution in [-0.2, 0) is 24.6 Å². The first kappa shape index (κ1) is 18.3. The molecule has 0 unspecified atom stereocenters. The number of oxime groups is 1. The Balaban J connectivity index is 2.47. The topological polar surface area (TPSA) is 146 Å². The first-order valence-electron chi connectivity index (χ1n) is 6.66. The van der Waals surface area contributed by atoms with Crippen LogP contribution in [0.3, 0.4) is 0 Å². The van der Waals surface area contributed by atoms with Crippen LogP contribution >= 0.6 is 0 Å². The fourth-order valence-corrected chi connectivity index (χ4v) is 2.91. The summed E-state index contributed by atoms with van der Waals surface area (Å²) in [6, 6.07) is -1.86. The van der Waals surface area contributed by atoms with Crippen molar-refractivity contribution in [1.82, 2.24) is 14.8 Å². The number of carbonyl (C=O) groups is 2. The number of nitrogens with one attached hydrogen (secondary N) is 3. The minimum atomic E-state index is -3.97. The molecular formula is C11H20N4O6S. The first-order chi connectivity index (χ1) is 10.2.